The molecule has 1 unspecified atom stereocenters. The molecule has 5 aromatic rings. The predicted molar refractivity (Wildman–Crippen MR) is 121 cm³/mol. The van der Waals surface area contributed by atoms with Crippen LogP contribution in [0.5, 0.6) is 0 Å². The van der Waals surface area contributed by atoms with Crippen LogP contribution in [0.25, 0.3) is 33.1 Å². The van der Waals surface area contributed by atoms with Crippen molar-refractivity contribution >= 4 is 27.5 Å². The van der Waals surface area contributed by atoms with Gasteiger partial charge >= 0.3 is 0 Å². The second kappa shape index (κ2) is 7.93. The number of fused-ring (bicyclic) bond motifs is 2. The van der Waals surface area contributed by atoms with E-state index in [0.717, 1.165) is 39.8 Å². The lowest BCUT2D eigenvalue weighted by Crippen LogP contribution is -2.31. The third-order valence-corrected chi connectivity index (χ3v) is 5.25. The zero-order chi connectivity index (χ0) is 20.3. The van der Waals surface area contributed by atoms with Gasteiger partial charge in [-0.1, -0.05) is 18.2 Å². The summed E-state index contributed by atoms with van der Waals surface area (Å²) in [6, 6.07) is 16.3. The van der Waals surface area contributed by atoms with Crippen LogP contribution in [-0.4, -0.2) is 32.5 Å². The zero-order valence-corrected chi connectivity index (χ0v) is 16.4. The summed E-state index contributed by atoms with van der Waals surface area (Å²) in [7, 11) is 0. The number of para-hydroxylation sites is 1. The number of nitrogens with two attached hydrogens (primary N) is 1. The van der Waals surface area contributed by atoms with Crippen molar-refractivity contribution in [1.29, 1.82) is 0 Å². The van der Waals surface area contributed by atoms with Crippen LogP contribution >= 0.6 is 0 Å². The van der Waals surface area contributed by atoms with Gasteiger partial charge in [0.05, 0.1) is 16.9 Å². The molecule has 6 heteroatoms. The largest absolute Gasteiger partial charge is 0.382 e. The Hall–Kier alpha value is -3.77. The number of benzene rings is 1. The fourth-order valence-corrected chi connectivity index (χ4v) is 3.71. The second-order valence-corrected chi connectivity index (χ2v) is 7.43. The Bertz CT molecular complexity index is 1310. The van der Waals surface area contributed by atoms with Crippen molar-refractivity contribution in [3.63, 3.8) is 0 Å². The minimum absolute atomic E-state index is 0.0147. The molecule has 4 heterocycles. The first-order chi connectivity index (χ1) is 14.8. The molecule has 0 aliphatic heterocycles. The van der Waals surface area contributed by atoms with E-state index >= 15 is 0 Å². The first-order valence-electron chi connectivity index (χ1n) is 9.97. The van der Waals surface area contributed by atoms with E-state index < -0.39 is 0 Å². The van der Waals surface area contributed by atoms with E-state index in [0.29, 0.717) is 6.54 Å². The monoisotopic (exact) mass is 394 g/mol. The average molecular weight is 394 g/mol. The number of nitrogens with zero attached hydrogens (tertiary/aromatic N) is 3. The Labute approximate surface area is 174 Å². The Balaban J connectivity index is 1.28. The van der Waals surface area contributed by atoms with E-state index in [1.807, 2.05) is 49.1 Å². The van der Waals surface area contributed by atoms with Gasteiger partial charge in [-0.05, 0) is 42.3 Å². The summed E-state index contributed by atoms with van der Waals surface area (Å²) in [4.78, 5) is 16.5. The van der Waals surface area contributed by atoms with E-state index in [2.05, 4.69) is 44.5 Å². The highest BCUT2D eigenvalue weighted by Gasteiger charge is 2.09. The van der Waals surface area contributed by atoms with Gasteiger partial charge in [-0.25, -0.2) is 4.98 Å². The number of hydrogen-bond acceptors (Lipinski definition) is 5. The topological polar surface area (TPSA) is 92.5 Å². The number of pyridine rings is 3. The first-order valence-corrected chi connectivity index (χ1v) is 9.97. The van der Waals surface area contributed by atoms with Gasteiger partial charge in [0.2, 0.25) is 0 Å². The number of H-pyrrole nitrogens is 1. The highest BCUT2D eigenvalue weighted by atomic mass is 14.9. The molecule has 5 rings (SSSR count). The van der Waals surface area contributed by atoms with E-state index in [1.165, 1.54) is 10.9 Å². The fourth-order valence-electron chi connectivity index (χ4n) is 3.71. The summed E-state index contributed by atoms with van der Waals surface area (Å²) >= 11 is 0. The maximum Gasteiger partial charge on any atom is 0.0740 e. The van der Waals surface area contributed by atoms with E-state index in [9.17, 15) is 0 Å². The number of aromatic amines is 1. The fraction of sp³-hybridized carbons (Fsp3) is 0.125. The van der Waals surface area contributed by atoms with Crippen LogP contribution in [0.3, 0.4) is 0 Å². The van der Waals surface area contributed by atoms with Crippen LogP contribution in [0.2, 0.25) is 0 Å². The van der Waals surface area contributed by atoms with Gasteiger partial charge in [0.15, 0.2) is 0 Å². The highest BCUT2D eigenvalue weighted by Crippen LogP contribution is 2.23. The number of nitrogens with one attached hydrogen (secondary N) is 2. The van der Waals surface area contributed by atoms with Crippen molar-refractivity contribution in [3.05, 3.63) is 85.1 Å². The molecule has 1 atom stereocenters. The molecule has 1 aromatic carbocycles. The lowest BCUT2D eigenvalue weighted by molar-refractivity contribution is 0.702. The maximum absolute atomic E-state index is 6.40. The standard InChI is InChI=1S/C24H22N6/c25-19(9-17-13-29-24-4-2-1-3-21(17)24)14-28-20-10-18(12-27-15-20)22-6-5-16-11-26-8-7-23(16)30-22/h1-8,10-13,15,19,28-29H,9,14,25H2. The summed E-state index contributed by atoms with van der Waals surface area (Å²) in [5.41, 5.74) is 12.5. The quantitative estimate of drug-likeness (QED) is 0.402. The van der Waals surface area contributed by atoms with Crippen molar-refractivity contribution in [1.82, 2.24) is 19.9 Å². The molecule has 0 bridgehead atoms. The molecule has 0 saturated heterocycles. The van der Waals surface area contributed by atoms with Crippen molar-refractivity contribution in [2.45, 2.75) is 12.5 Å². The summed E-state index contributed by atoms with van der Waals surface area (Å²) < 4.78 is 0. The third-order valence-electron chi connectivity index (χ3n) is 5.25. The molecule has 0 radical (unpaired) electrons. The lowest BCUT2D eigenvalue weighted by atomic mass is 10.1. The Kier molecular flexibility index (Phi) is 4.83. The molecule has 0 aliphatic carbocycles. The number of anilines is 1. The summed E-state index contributed by atoms with van der Waals surface area (Å²) in [5.74, 6) is 0. The van der Waals surface area contributed by atoms with Gasteiger partial charge < -0.3 is 16.0 Å². The van der Waals surface area contributed by atoms with Gasteiger partial charge in [0.1, 0.15) is 0 Å². The maximum atomic E-state index is 6.40. The molecular weight excluding hydrogens is 372 g/mol. The van der Waals surface area contributed by atoms with Crippen LogP contribution < -0.4 is 11.1 Å². The van der Waals surface area contributed by atoms with Crippen LogP contribution in [0, 0.1) is 0 Å². The van der Waals surface area contributed by atoms with Gasteiger partial charge in [0.25, 0.3) is 0 Å². The second-order valence-electron chi connectivity index (χ2n) is 7.43. The van der Waals surface area contributed by atoms with Gasteiger partial charge in [-0.3, -0.25) is 9.97 Å². The van der Waals surface area contributed by atoms with E-state index in [4.69, 9.17) is 10.7 Å². The third kappa shape index (κ3) is 3.73. The molecule has 0 amide bonds. The molecule has 4 N–H and O–H groups in total. The number of hydrogen-bond donors (Lipinski definition) is 3. The Morgan fingerprint density at radius 3 is 2.90 bits per heavy atom. The normalized spacial score (nSPS) is 12.3. The van der Waals surface area contributed by atoms with Crippen LogP contribution in [0.15, 0.2) is 79.5 Å². The van der Waals surface area contributed by atoms with Crippen molar-refractivity contribution < 1.29 is 0 Å². The molecule has 0 aliphatic rings. The average Bonchev–Trinajstić information content (AvgIpc) is 3.20. The van der Waals surface area contributed by atoms with E-state index in [-0.39, 0.29) is 6.04 Å². The van der Waals surface area contributed by atoms with Crippen molar-refractivity contribution in [2.24, 2.45) is 5.73 Å². The summed E-state index contributed by atoms with van der Waals surface area (Å²) in [6.45, 7) is 0.654. The van der Waals surface area contributed by atoms with Crippen molar-refractivity contribution in [2.75, 3.05) is 11.9 Å². The molecule has 6 nitrogen and oxygen atoms in total. The minimum atomic E-state index is -0.0147. The number of aromatic nitrogens is 4. The van der Waals surface area contributed by atoms with Crippen LogP contribution in [0.4, 0.5) is 5.69 Å². The Morgan fingerprint density at radius 2 is 1.93 bits per heavy atom. The number of rotatable bonds is 6. The molecule has 148 valence electrons. The zero-order valence-electron chi connectivity index (χ0n) is 16.4. The smallest absolute Gasteiger partial charge is 0.0740 e. The van der Waals surface area contributed by atoms with E-state index in [1.54, 1.807) is 6.20 Å². The lowest BCUT2D eigenvalue weighted by Gasteiger charge is -2.14. The van der Waals surface area contributed by atoms with Gasteiger partial charge in [-0.2, -0.15) is 0 Å². The van der Waals surface area contributed by atoms with Crippen LogP contribution in [0.1, 0.15) is 5.56 Å². The minimum Gasteiger partial charge on any atom is -0.382 e. The Morgan fingerprint density at radius 1 is 1.00 bits per heavy atom. The molecule has 30 heavy (non-hydrogen) atoms. The molecule has 4 aromatic heterocycles. The van der Waals surface area contributed by atoms with Crippen LogP contribution in [-0.2, 0) is 6.42 Å². The molecule has 0 saturated carbocycles. The molecule has 0 fully saturated rings. The predicted octanol–water partition coefficient (Wildman–Crippen LogP) is 4.16. The molecular formula is C24H22N6. The first kappa shape index (κ1) is 18.3. The van der Waals surface area contributed by atoms with Crippen molar-refractivity contribution in [3.8, 4) is 11.3 Å². The molecule has 0 spiro atoms. The SMILES string of the molecule is NC(CNc1cncc(-c2ccc3cnccc3n2)c1)Cc1c[nH]c2ccccc12. The van der Waals surface area contributed by atoms with Gasteiger partial charge in [0, 0.05) is 65.4 Å². The highest BCUT2D eigenvalue weighted by molar-refractivity contribution is 5.83. The van der Waals surface area contributed by atoms with Gasteiger partial charge in [-0.15, -0.1) is 0 Å². The summed E-state index contributed by atoms with van der Waals surface area (Å²) in [6.07, 6.45) is 10.1. The summed E-state index contributed by atoms with van der Waals surface area (Å²) in [5, 5.41) is 5.67.